The molecule has 3 heteroatoms. The van der Waals surface area contributed by atoms with Crippen molar-refractivity contribution in [3.8, 4) is 5.75 Å². The number of rotatable bonds is 5. The van der Waals surface area contributed by atoms with Gasteiger partial charge in [0.1, 0.15) is 5.75 Å². The SMILES string of the molecule is CCCCOc1ccc(C)c(C(=O)Cl)c1. The molecular weight excluding hydrogens is 212 g/mol. The molecule has 0 aliphatic heterocycles. The van der Waals surface area contributed by atoms with Crippen LogP contribution in [0.25, 0.3) is 0 Å². The number of halogens is 1. The van der Waals surface area contributed by atoms with E-state index in [1.54, 1.807) is 6.07 Å². The summed E-state index contributed by atoms with van der Waals surface area (Å²) in [6, 6.07) is 5.39. The molecular formula is C12H15ClO2. The first-order valence-electron chi connectivity index (χ1n) is 5.08. The number of carbonyl (C=O) groups excluding carboxylic acids is 1. The van der Waals surface area contributed by atoms with Gasteiger partial charge >= 0.3 is 0 Å². The summed E-state index contributed by atoms with van der Waals surface area (Å²) in [5.41, 5.74) is 1.39. The molecule has 0 amide bonds. The van der Waals surface area contributed by atoms with E-state index in [4.69, 9.17) is 16.3 Å². The molecule has 2 nitrogen and oxygen atoms in total. The third-order valence-corrected chi connectivity index (χ3v) is 2.39. The van der Waals surface area contributed by atoms with E-state index in [1.165, 1.54) is 0 Å². The fourth-order valence-corrected chi connectivity index (χ4v) is 1.44. The fraction of sp³-hybridized carbons (Fsp3) is 0.417. The monoisotopic (exact) mass is 226 g/mol. The molecule has 1 aromatic rings. The molecule has 0 aromatic heterocycles. The van der Waals surface area contributed by atoms with E-state index >= 15 is 0 Å². The lowest BCUT2D eigenvalue weighted by Gasteiger charge is -2.07. The van der Waals surface area contributed by atoms with Crippen molar-refractivity contribution in [2.75, 3.05) is 6.61 Å². The third kappa shape index (κ3) is 3.56. The van der Waals surface area contributed by atoms with Gasteiger partial charge in [-0.1, -0.05) is 19.4 Å². The smallest absolute Gasteiger partial charge is 0.252 e. The van der Waals surface area contributed by atoms with Crippen molar-refractivity contribution in [2.45, 2.75) is 26.7 Å². The minimum Gasteiger partial charge on any atom is -0.494 e. The van der Waals surface area contributed by atoms with E-state index < -0.39 is 5.24 Å². The molecule has 0 bridgehead atoms. The van der Waals surface area contributed by atoms with Crippen LogP contribution in [-0.4, -0.2) is 11.8 Å². The molecule has 0 fully saturated rings. The van der Waals surface area contributed by atoms with Gasteiger partial charge in [0, 0.05) is 5.56 Å². The standard InChI is InChI=1S/C12H15ClO2/c1-3-4-7-15-10-6-5-9(2)11(8-10)12(13)14/h5-6,8H,3-4,7H2,1-2H3. The quantitative estimate of drug-likeness (QED) is 0.567. The van der Waals surface area contributed by atoms with Gasteiger partial charge in [-0.2, -0.15) is 0 Å². The molecule has 0 atom stereocenters. The Balaban J connectivity index is 2.74. The van der Waals surface area contributed by atoms with Crippen LogP contribution in [0, 0.1) is 6.92 Å². The van der Waals surface area contributed by atoms with E-state index in [0.29, 0.717) is 17.9 Å². The van der Waals surface area contributed by atoms with Gasteiger partial charge in [0.2, 0.25) is 0 Å². The highest BCUT2D eigenvalue weighted by molar-refractivity contribution is 6.67. The van der Waals surface area contributed by atoms with Crippen molar-refractivity contribution in [1.29, 1.82) is 0 Å². The lowest BCUT2D eigenvalue weighted by Crippen LogP contribution is -1.99. The molecule has 1 aromatic carbocycles. The van der Waals surface area contributed by atoms with Crippen LogP contribution in [0.4, 0.5) is 0 Å². The summed E-state index contributed by atoms with van der Waals surface area (Å²) < 4.78 is 5.48. The average molecular weight is 227 g/mol. The van der Waals surface area contributed by atoms with Crippen LogP contribution in [0.5, 0.6) is 5.75 Å². The minimum atomic E-state index is -0.437. The van der Waals surface area contributed by atoms with E-state index in [1.807, 2.05) is 19.1 Å². The van der Waals surface area contributed by atoms with Crippen molar-refractivity contribution < 1.29 is 9.53 Å². The number of hydrogen-bond acceptors (Lipinski definition) is 2. The first kappa shape index (κ1) is 12.1. The van der Waals surface area contributed by atoms with Crippen molar-refractivity contribution in [3.63, 3.8) is 0 Å². The molecule has 15 heavy (non-hydrogen) atoms. The van der Waals surface area contributed by atoms with Gasteiger partial charge in [-0.25, -0.2) is 0 Å². The second-order valence-electron chi connectivity index (χ2n) is 3.45. The molecule has 1 rings (SSSR count). The van der Waals surface area contributed by atoms with Crippen molar-refractivity contribution in [1.82, 2.24) is 0 Å². The molecule has 0 heterocycles. The van der Waals surface area contributed by atoms with E-state index in [-0.39, 0.29) is 0 Å². The van der Waals surface area contributed by atoms with Gasteiger partial charge in [-0.15, -0.1) is 0 Å². The van der Waals surface area contributed by atoms with Gasteiger partial charge in [-0.05, 0) is 42.6 Å². The normalized spacial score (nSPS) is 10.1. The second kappa shape index (κ2) is 5.76. The van der Waals surface area contributed by atoms with Gasteiger partial charge < -0.3 is 4.74 Å². The van der Waals surface area contributed by atoms with Crippen LogP contribution in [0.15, 0.2) is 18.2 Å². The fourth-order valence-electron chi connectivity index (χ4n) is 1.24. The third-order valence-electron chi connectivity index (χ3n) is 2.19. The molecule has 0 aliphatic carbocycles. The Morgan fingerprint density at radius 3 is 2.80 bits per heavy atom. The Kier molecular flexibility index (Phi) is 4.63. The summed E-state index contributed by atoms with van der Waals surface area (Å²) in [7, 11) is 0. The van der Waals surface area contributed by atoms with Gasteiger partial charge in [0.15, 0.2) is 0 Å². The van der Waals surface area contributed by atoms with Gasteiger partial charge in [0.05, 0.1) is 6.61 Å². The molecule has 0 radical (unpaired) electrons. The van der Waals surface area contributed by atoms with Crippen LogP contribution in [0.1, 0.15) is 35.7 Å². The van der Waals surface area contributed by atoms with E-state index in [0.717, 1.165) is 18.4 Å². The van der Waals surface area contributed by atoms with Gasteiger partial charge in [0.25, 0.3) is 5.24 Å². The Morgan fingerprint density at radius 1 is 1.47 bits per heavy atom. The number of aryl methyl sites for hydroxylation is 1. The Labute approximate surface area is 95.2 Å². The maximum atomic E-state index is 11.1. The van der Waals surface area contributed by atoms with Gasteiger partial charge in [-0.3, -0.25) is 4.79 Å². The minimum absolute atomic E-state index is 0.437. The average Bonchev–Trinajstić information content (AvgIpc) is 2.20. The van der Waals surface area contributed by atoms with Crippen molar-refractivity contribution >= 4 is 16.8 Å². The first-order chi connectivity index (χ1) is 7.15. The first-order valence-corrected chi connectivity index (χ1v) is 5.46. The Morgan fingerprint density at radius 2 is 2.20 bits per heavy atom. The number of unbranched alkanes of at least 4 members (excludes halogenated alkanes) is 1. The molecule has 0 spiro atoms. The number of benzene rings is 1. The number of carbonyl (C=O) groups is 1. The highest BCUT2D eigenvalue weighted by atomic mass is 35.5. The number of ether oxygens (including phenoxy) is 1. The van der Waals surface area contributed by atoms with Crippen LogP contribution < -0.4 is 4.74 Å². The van der Waals surface area contributed by atoms with Crippen molar-refractivity contribution in [2.24, 2.45) is 0 Å². The topological polar surface area (TPSA) is 26.3 Å². The Bertz CT molecular complexity index is 347. The largest absolute Gasteiger partial charge is 0.494 e. The predicted octanol–water partition coefficient (Wildman–Crippen LogP) is 3.55. The molecule has 0 aliphatic rings. The molecule has 0 saturated carbocycles. The summed E-state index contributed by atoms with van der Waals surface area (Å²) in [5, 5.41) is -0.437. The zero-order valence-electron chi connectivity index (χ0n) is 9.05. The van der Waals surface area contributed by atoms with Crippen LogP contribution >= 0.6 is 11.6 Å². The Hall–Kier alpha value is -1.02. The second-order valence-corrected chi connectivity index (χ2v) is 3.80. The number of hydrogen-bond donors (Lipinski definition) is 0. The summed E-state index contributed by atoms with van der Waals surface area (Å²) in [4.78, 5) is 11.1. The zero-order chi connectivity index (χ0) is 11.3. The molecule has 0 saturated heterocycles. The van der Waals surface area contributed by atoms with Crippen LogP contribution in [0.3, 0.4) is 0 Å². The van der Waals surface area contributed by atoms with Crippen molar-refractivity contribution in [3.05, 3.63) is 29.3 Å². The molecule has 82 valence electrons. The molecule has 0 unspecified atom stereocenters. The summed E-state index contributed by atoms with van der Waals surface area (Å²) in [6.07, 6.45) is 2.10. The summed E-state index contributed by atoms with van der Waals surface area (Å²) in [6.45, 7) is 4.63. The van der Waals surface area contributed by atoms with Crippen LogP contribution in [-0.2, 0) is 0 Å². The highest BCUT2D eigenvalue weighted by Crippen LogP contribution is 2.19. The van der Waals surface area contributed by atoms with Crippen LogP contribution in [0.2, 0.25) is 0 Å². The lowest BCUT2D eigenvalue weighted by molar-refractivity contribution is 0.108. The van der Waals surface area contributed by atoms with E-state index in [9.17, 15) is 4.79 Å². The maximum absolute atomic E-state index is 11.1. The lowest BCUT2D eigenvalue weighted by atomic mass is 10.1. The highest BCUT2D eigenvalue weighted by Gasteiger charge is 2.07. The summed E-state index contributed by atoms with van der Waals surface area (Å²) >= 11 is 5.45. The zero-order valence-corrected chi connectivity index (χ0v) is 9.80. The predicted molar refractivity (Wildman–Crippen MR) is 61.8 cm³/mol. The van der Waals surface area contributed by atoms with E-state index in [2.05, 4.69) is 6.92 Å². The molecule has 0 N–H and O–H groups in total. The summed E-state index contributed by atoms with van der Waals surface area (Å²) in [5.74, 6) is 0.707. The maximum Gasteiger partial charge on any atom is 0.252 e.